The average molecular weight is 820 g/mol. The van der Waals surface area contributed by atoms with E-state index in [0.29, 0.717) is 0 Å². The molecule has 0 spiro atoms. The molecule has 10 heteroatoms. The summed E-state index contributed by atoms with van der Waals surface area (Å²) >= 11 is 12.9. The highest BCUT2D eigenvalue weighted by molar-refractivity contribution is 9.72. The molecule has 0 nitrogen and oxygen atoms in total. The summed E-state index contributed by atoms with van der Waals surface area (Å²) < 4.78 is -2.16. The Hall–Kier alpha value is 2.18. The van der Waals surface area contributed by atoms with Gasteiger partial charge in [0.25, 0.3) is 3.93 Å². The van der Waals surface area contributed by atoms with Gasteiger partial charge in [0, 0.05) is 48.4 Å². The summed E-state index contributed by atoms with van der Waals surface area (Å²) in [6.07, 6.45) is 0. The van der Waals surface area contributed by atoms with Crippen molar-refractivity contribution in [3.05, 3.63) is 28.8 Å². The van der Waals surface area contributed by atoms with Crippen molar-refractivity contribution >= 4 is 103 Å². The van der Waals surface area contributed by atoms with Crippen LogP contribution in [0.25, 0.3) is 0 Å². The van der Waals surface area contributed by atoms with E-state index >= 15 is 0 Å². The van der Waals surface area contributed by atoms with E-state index in [9.17, 15) is 0 Å². The Morgan fingerprint density at radius 2 is 0.622 bits per heavy atom. The van der Waals surface area contributed by atoms with Crippen molar-refractivity contribution in [3.63, 3.8) is 0 Å². The van der Waals surface area contributed by atoms with Gasteiger partial charge in [-0.25, -0.2) is 0 Å². The zero-order chi connectivity index (χ0) is 30.0. The lowest BCUT2D eigenvalue weighted by Crippen LogP contribution is -2.55. The molecular weight excluding hydrogens is 761 g/mol. The summed E-state index contributed by atoms with van der Waals surface area (Å²) in [7, 11) is -8.90. The topological polar surface area (TPSA) is 0 Å². The highest BCUT2D eigenvalue weighted by Gasteiger charge is 2.49. The molecule has 0 N–H and O–H groups in total. The number of rotatable bonds is 10. The molecule has 1 rings (SSSR count). The van der Waals surface area contributed by atoms with Gasteiger partial charge in [-0.05, 0) is 37.4 Å². The van der Waals surface area contributed by atoms with E-state index in [4.69, 9.17) is 0 Å². The van der Waals surface area contributed by atoms with Crippen molar-refractivity contribution in [2.45, 2.75) is 133 Å². The van der Waals surface area contributed by atoms with Crippen LogP contribution in [0, 0.1) is 0 Å². The van der Waals surface area contributed by atoms with Crippen molar-refractivity contribution in [1.29, 1.82) is 0 Å². The fourth-order valence-electron chi connectivity index (χ4n) is 8.42. The fraction of sp³-hybridized carbons (Fsp3) is 0.778. The Morgan fingerprint density at radius 3 is 0.784 bits per heavy atom. The summed E-state index contributed by atoms with van der Waals surface area (Å²) in [5, 5.41) is 3.87. The standard InChI is InChI=1S/C27H59Br3Si7/c1-31(2,3)25(32(4,5)6)21-19-22(26(33(7,8)9)34(10,11)12)24(37(28,29)30)23(20-21)27(35(13,14)15)36(16,17)18/h19-20,25-27H,1-18H3. The summed E-state index contributed by atoms with van der Waals surface area (Å²) in [4.78, 5) is 0. The third-order valence-corrected chi connectivity index (χ3v) is 40.3. The SMILES string of the molecule is C[Si](C)(C)C(c1cc(C([Si](C)(C)C)[Si](C)(C)C)c([Si](Br)(Br)Br)c(C([Si](C)(C)C)[Si](C)(C)C)c1)[Si](C)(C)C. The number of hydrogen-bond acceptors (Lipinski definition) is 0. The third kappa shape index (κ3) is 9.59. The maximum atomic E-state index is 4.28. The van der Waals surface area contributed by atoms with Crippen LogP contribution in [-0.4, -0.2) is 52.4 Å². The van der Waals surface area contributed by atoms with Gasteiger partial charge in [-0.1, -0.05) is 176 Å². The van der Waals surface area contributed by atoms with E-state index in [1.54, 1.807) is 21.9 Å². The van der Waals surface area contributed by atoms with Gasteiger partial charge >= 0.3 is 0 Å². The molecule has 0 atom stereocenters. The second kappa shape index (κ2) is 11.7. The van der Waals surface area contributed by atoms with Crippen LogP contribution in [0.15, 0.2) is 12.1 Å². The quantitative estimate of drug-likeness (QED) is 0.163. The average Bonchev–Trinajstić information content (AvgIpc) is 2.43. The molecular formula is C27H59Br3Si7. The van der Waals surface area contributed by atoms with Crippen molar-refractivity contribution in [2.75, 3.05) is 0 Å². The van der Waals surface area contributed by atoms with Crippen molar-refractivity contribution in [3.8, 4) is 0 Å². The maximum absolute atomic E-state index is 4.28. The third-order valence-electron chi connectivity index (χ3n) is 7.66. The number of hydrogen-bond donors (Lipinski definition) is 0. The van der Waals surface area contributed by atoms with Gasteiger partial charge in [-0.2, -0.15) is 0 Å². The van der Waals surface area contributed by atoms with Crippen LogP contribution in [-0.2, 0) is 0 Å². The molecule has 0 saturated carbocycles. The van der Waals surface area contributed by atoms with Crippen LogP contribution in [0.1, 0.15) is 32.2 Å². The van der Waals surface area contributed by atoms with Crippen molar-refractivity contribution in [2.24, 2.45) is 0 Å². The first-order valence-electron chi connectivity index (χ1n) is 14.1. The minimum atomic E-state index is -2.16. The molecule has 0 aliphatic carbocycles. The molecule has 0 unspecified atom stereocenters. The molecule has 0 saturated heterocycles. The molecule has 0 aromatic heterocycles. The Balaban J connectivity index is 4.62. The minimum absolute atomic E-state index is 0.723. The summed E-state index contributed by atoms with van der Waals surface area (Å²) in [6, 6.07) is 5.58. The zero-order valence-corrected chi connectivity index (χ0v) is 39.3. The molecule has 0 aliphatic heterocycles. The lowest BCUT2D eigenvalue weighted by Gasteiger charge is -2.46. The Labute approximate surface area is 263 Å². The van der Waals surface area contributed by atoms with E-state index in [1.165, 1.54) is 0 Å². The maximum Gasteiger partial charge on any atom is 0.298 e. The first kappa shape index (κ1) is 37.2. The second-order valence-corrected chi connectivity index (χ2v) is 73.4. The highest BCUT2D eigenvalue weighted by atomic mass is 80.0. The molecule has 0 radical (unpaired) electrons. The minimum Gasteiger partial charge on any atom is -0.0910 e. The highest BCUT2D eigenvalue weighted by Crippen LogP contribution is 2.46. The Kier molecular flexibility index (Phi) is 11.8. The monoisotopic (exact) mass is 816 g/mol. The van der Waals surface area contributed by atoms with Gasteiger partial charge in [0.15, 0.2) is 0 Å². The van der Waals surface area contributed by atoms with Crippen LogP contribution < -0.4 is 5.19 Å². The largest absolute Gasteiger partial charge is 0.298 e. The predicted octanol–water partition coefficient (Wildman–Crippen LogP) is 11.5. The first-order valence-corrected chi connectivity index (χ1v) is 44.3. The van der Waals surface area contributed by atoms with E-state index in [0.717, 1.165) is 15.5 Å². The van der Waals surface area contributed by atoms with Gasteiger partial charge in [0.05, 0.1) is 0 Å². The fourth-order valence-corrected chi connectivity index (χ4v) is 52.4. The Morgan fingerprint density at radius 1 is 0.405 bits per heavy atom. The van der Waals surface area contributed by atoms with Gasteiger partial charge in [-0.3, -0.25) is 0 Å². The van der Waals surface area contributed by atoms with Crippen molar-refractivity contribution in [1.82, 2.24) is 0 Å². The van der Waals surface area contributed by atoms with Gasteiger partial charge in [0.2, 0.25) is 0 Å². The summed E-state index contributed by atoms with van der Waals surface area (Å²) in [5.74, 6) is 0. The van der Waals surface area contributed by atoms with Crippen molar-refractivity contribution < 1.29 is 0 Å². The van der Waals surface area contributed by atoms with Gasteiger partial charge < -0.3 is 0 Å². The molecule has 0 heterocycles. The normalized spacial score (nSPS) is 15.4. The molecule has 0 aliphatic rings. The number of halogens is 3. The first-order chi connectivity index (χ1) is 15.8. The zero-order valence-electron chi connectivity index (χ0n) is 27.5. The van der Waals surface area contributed by atoms with Crippen LogP contribution in [0.3, 0.4) is 0 Å². The molecule has 1 aromatic rings. The summed E-state index contributed by atoms with van der Waals surface area (Å²) in [6.45, 7) is 47.4. The molecule has 37 heavy (non-hydrogen) atoms. The Bertz CT molecular complexity index is 851. The van der Waals surface area contributed by atoms with E-state index in [-0.39, 0.29) is 0 Å². The number of benzene rings is 1. The van der Waals surface area contributed by atoms with E-state index in [1.807, 2.05) is 0 Å². The lowest BCUT2D eigenvalue weighted by atomic mass is 10.1. The molecule has 216 valence electrons. The van der Waals surface area contributed by atoms with E-state index < -0.39 is 52.4 Å². The molecule has 1 aromatic carbocycles. The second-order valence-electron chi connectivity index (χ2n) is 18.1. The van der Waals surface area contributed by atoms with Crippen LogP contribution in [0.5, 0.6) is 0 Å². The molecule has 0 fully saturated rings. The smallest absolute Gasteiger partial charge is 0.0910 e. The van der Waals surface area contributed by atoms with Gasteiger partial charge in [-0.15, -0.1) is 0 Å². The van der Waals surface area contributed by atoms with Gasteiger partial charge in [0.1, 0.15) is 0 Å². The molecule has 0 amide bonds. The summed E-state index contributed by atoms with van der Waals surface area (Å²) in [5.41, 5.74) is 5.16. The lowest BCUT2D eigenvalue weighted by molar-refractivity contribution is 1.10. The van der Waals surface area contributed by atoms with E-state index in [2.05, 4.69) is 176 Å². The van der Waals surface area contributed by atoms with Crippen LogP contribution in [0.4, 0.5) is 0 Å². The van der Waals surface area contributed by atoms with Crippen LogP contribution in [0.2, 0.25) is 118 Å². The predicted molar refractivity (Wildman–Crippen MR) is 207 cm³/mol. The molecule has 0 bridgehead atoms. The van der Waals surface area contributed by atoms with Crippen LogP contribution >= 0.6 is 45.9 Å².